The summed E-state index contributed by atoms with van der Waals surface area (Å²) in [6, 6.07) is 86.1. The molecule has 0 atom stereocenters. The van der Waals surface area contributed by atoms with Crippen LogP contribution in [0.15, 0.2) is 243 Å². The van der Waals surface area contributed by atoms with Crippen LogP contribution in [0, 0.1) is 61.7 Å². The van der Waals surface area contributed by atoms with Crippen molar-refractivity contribution in [3.05, 3.63) is 287 Å². The molecule has 16 aromatic rings. The van der Waals surface area contributed by atoms with Crippen LogP contribution < -0.4 is 0 Å². The number of nitriles is 3. The van der Waals surface area contributed by atoms with Crippen LogP contribution in [-0.2, 0) is 6.18 Å². The van der Waals surface area contributed by atoms with Gasteiger partial charge in [0.25, 0.3) is 0 Å². The molecule has 0 N–H and O–H groups in total. The molecule has 0 spiro atoms. The largest absolute Gasteiger partial charge is 0.416 e. The third-order valence-electron chi connectivity index (χ3n) is 17.5. The number of nitrogens with zero attached hydrogens (tertiary/aromatic N) is 7. The molecule has 90 heavy (non-hydrogen) atoms. The highest BCUT2D eigenvalue weighted by Crippen LogP contribution is 2.47. The Hall–Kier alpha value is -11.9. The van der Waals surface area contributed by atoms with Crippen molar-refractivity contribution in [1.29, 1.82) is 15.8 Å². The van der Waals surface area contributed by atoms with E-state index in [1.165, 1.54) is 12.1 Å². The average molecular weight is 1170 g/mol. The molecular weight excluding hydrogens is 1120 g/mol. The maximum Gasteiger partial charge on any atom is 0.416 e. The minimum atomic E-state index is -4.63. The normalized spacial score (nSPS) is 11.7. The highest BCUT2D eigenvalue weighted by atomic mass is 19.4. The lowest BCUT2D eigenvalue weighted by molar-refractivity contribution is -0.137. The van der Waals surface area contributed by atoms with E-state index in [9.17, 15) is 15.8 Å². The van der Waals surface area contributed by atoms with Crippen LogP contribution in [0.3, 0.4) is 0 Å². The van der Waals surface area contributed by atoms with Crippen molar-refractivity contribution >= 4 is 87.2 Å². The van der Waals surface area contributed by atoms with E-state index in [0.717, 1.165) is 132 Å². The lowest BCUT2D eigenvalue weighted by Crippen LogP contribution is -2.11. The molecule has 0 bridgehead atoms. The first-order chi connectivity index (χ1) is 43.8. The molecule has 16 rings (SSSR count). The fraction of sp³-hybridized carbons (Fsp3) is 0.0625. The second kappa shape index (κ2) is 21.2. The molecule has 0 fully saturated rings. The van der Waals surface area contributed by atoms with Crippen molar-refractivity contribution in [3.63, 3.8) is 0 Å². The first kappa shape index (κ1) is 54.7. The molecule has 4 heterocycles. The average Bonchev–Trinajstić information content (AvgIpc) is 1.57. The number of benzene rings is 12. The smallest absolute Gasteiger partial charge is 0.309 e. The Balaban J connectivity index is 0.000000150. The summed E-state index contributed by atoms with van der Waals surface area (Å²) in [6.45, 7) is 8.18. The predicted molar refractivity (Wildman–Crippen MR) is 359 cm³/mol. The minimum Gasteiger partial charge on any atom is -0.309 e. The Kier molecular flexibility index (Phi) is 12.9. The summed E-state index contributed by atoms with van der Waals surface area (Å²) in [7, 11) is 0. The monoisotopic (exact) mass is 1170 g/mol. The van der Waals surface area contributed by atoms with E-state index in [0.29, 0.717) is 39.2 Å². The number of para-hydroxylation sites is 4. The van der Waals surface area contributed by atoms with Gasteiger partial charge in [-0.2, -0.15) is 29.0 Å². The fourth-order valence-electron chi connectivity index (χ4n) is 13.6. The van der Waals surface area contributed by atoms with Crippen LogP contribution in [0.2, 0.25) is 0 Å². The van der Waals surface area contributed by atoms with Crippen LogP contribution >= 0.6 is 0 Å². The molecule has 0 aliphatic carbocycles. The van der Waals surface area contributed by atoms with Gasteiger partial charge in [-0.1, -0.05) is 146 Å². The summed E-state index contributed by atoms with van der Waals surface area (Å²) in [5.74, 6) is 0. The number of hydrogen-bond donors (Lipinski definition) is 0. The SMILES string of the molecule is Cc1ccc2c3ccccc3n(-c3cc(C#N)cc(-n4c5ccccc5c5ccc(C)cc54)c3-c3cccc(C#N)c3)c2c1.Cc1ccc2c3ccccc3n(-c3cc(C(F)(F)F)cc(-n4c5ccccc5c5ccc(C)cc54)c3-c3cccc(C#N)c3)c2c1. The predicted octanol–water partition coefficient (Wildman–Crippen LogP) is 21.0. The van der Waals surface area contributed by atoms with E-state index in [4.69, 9.17) is 0 Å². The second-order valence-corrected chi connectivity index (χ2v) is 23.3. The lowest BCUT2D eigenvalue weighted by Gasteiger charge is -2.23. The van der Waals surface area contributed by atoms with Crippen molar-refractivity contribution in [2.24, 2.45) is 0 Å². The Morgan fingerprint density at radius 3 is 0.844 bits per heavy atom. The quantitative estimate of drug-likeness (QED) is 0.166. The molecular formula is C80H52F3N7. The molecule has 0 aliphatic rings. The molecule has 10 heteroatoms. The van der Waals surface area contributed by atoms with Crippen LogP contribution in [0.1, 0.15) is 44.5 Å². The number of halogens is 3. The molecule has 0 amide bonds. The van der Waals surface area contributed by atoms with Crippen LogP contribution in [0.25, 0.3) is 132 Å². The van der Waals surface area contributed by atoms with Gasteiger partial charge >= 0.3 is 6.18 Å². The van der Waals surface area contributed by atoms with Crippen molar-refractivity contribution in [2.75, 3.05) is 0 Å². The standard InChI is InChI=1S/C40H26F3N3.C40H26N4/c1-24-14-16-31-29-10-3-5-12-33(29)45(35(31)18-24)37-21-28(40(41,42)43)22-38(39(37)27-9-7-8-26(20-27)23-44)46-34-13-6-4-11-30(34)32-17-15-25(2)19-36(32)46;1-25-14-16-32-30-10-3-5-12-34(30)43(36(32)18-25)38-21-28(24-42)22-39(40(38)29-9-7-8-27(20-29)23-41)44-35-13-6-4-11-31(35)33-17-15-26(2)19-37(33)44/h3-22H,1-2H3;3-22H,1-2H3. The summed E-state index contributed by atoms with van der Waals surface area (Å²) in [4.78, 5) is 0. The molecule has 0 radical (unpaired) electrons. The number of alkyl halides is 3. The van der Waals surface area contributed by atoms with Crippen molar-refractivity contribution in [2.45, 2.75) is 33.9 Å². The first-order valence-electron chi connectivity index (χ1n) is 29.6. The zero-order valence-electron chi connectivity index (χ0n) is 49.4. The molecule has 4 aromatic heterocycles. The maximum absolute atomic E-state index is 15.0. The van der Waals surface area contributed by atoms with Gasteiger partial charge in [0, 0.05) is 54.2 Å². The topological polar surface area (TPSA) is 91.1 Å². The van der Waals surface area contributed by atoms with E-state index < -0.39 is 11.7 Å². The Morgan fingerprint density at radius 2 is 0.556 bits per heavy atom. The first-order valence-corrected chi connectivity index (χ1v) is 29.6. The maximum atomic E-state index is 15.0. The van der Waals surface area contributed by atoms with E-state index in [1.54, 1.807) is 18.2 Å². The van der Waals surface area contributed by atoms with Crippen LogP contribution in [0.4, 0.5) is 13.2 Å². The zero-order valence-corrected chi connectivity index (χ0v) is 49.4. The Labute approximate surface area is 516 Å². The van der Waals surface area contributed by atoms with E-state index in [2.05, 4.69) is 132 Å². The molecule has 0 saturated carbocycles. The number of hydrogen-bond acceptors (Lipinski definition) is 3. The summed E-state index contributed by atoms with van der Waals surface area (Å²) >= 11 is 0. The summed E-state index contributed by atoms with van der Waals surface area (Å²) in [6.07, 6.45) is -4.63. The Bertz CT molecular complexity index is 5540. The molecule has 0 unspecified atom stereocenters. The molecule has 7 nitrogen and oxygen atoms in total. The molecule has 0 aliphatic heterocycles. The van der Waals surface area contributed by atoms with Gasteiger partial charge < -0.3 is 18.3 Å². The fourth-order valence-corrected chi connectivity index (χ4v) is 13.6. The van der Waals surface area contributed by atoms with Gasteiger partial charge in [0.1, 0.15) is 0 Å². The van der Waals surface area contributed by atoms with Crippen molar-refractivity contribution < 1.29 is 13.2 Å². The summed E-state index contributed by atoms with van der Waals surface area (Å²) in [5.41, 5.74) is 18.3. The minimum absolute atomic E-state index is 0.385. The number of aryl methyl sites for hydroxylation is 4. The molecule has 0 saturated heterocycles. The van der Waals surface area contributed by atoms with E-state index >= 15 is 13.2 Å². The van der Waals surface area contributed by atoms with Crippen molar-refractivity contribution in [3.8, 4) is 63.2 Å². The molecule has 12 aromatic carbocycles. The number of fused-ring (bicyclic) bond motifs is 12. The van der Waals surface area contributed by atoms with Gasteiger partial charge in [0.05, 0.1) is 107 Å². The number of rotatable bonds is 6. The highest BCUT2D eigenvalue weighted by Gasteiger charge is 2.35. The van der Waals surface area contributed by atoms with E-state index in [1.807, 2.05) is 144 Å². The van der Waals surface area contributed by atoms with Gasteiger partial charge in [-0.05, 0) is 158 Å². The third kappa shape index (κ3) is 8.86. The van der Waals surface area contributed by atoms with Crippen molar-refractivity contribution in [1.82, 2.24) is 18.3 Å². The lowest BCUT2D eigenvalue weighted by atomic mass is 9.96. The second-order valence-electron chi connectivity index (χ2n) is 23.3. The van der Waals surface area contributed by atoms with Crippen LogP contribution in [-0.4, -0.2) is 18.3 Å². The van der Waals surface area contributed by atoms with Gasteiger partial charge in [-0.3, -0.25) is 0 Å². The van der Waals surface area contributed by atoms with E-state index in [-0.39, 0.29) is 0 Å². The summed E-state index contributed by atoms with van der Waals surface area (Å²) < 4.78 is 53.5. The molecule has 428 valence electrons. The van der Waals surface area contributed by atoms with Gasteiger partial charge in [-0.15, -0.1) is 0 Å². The Morgan fingerprint density at radius 1 is 0.278 bits per heavy atom. The van der Waals surface area contributed by atoms with Gasteiger partial charge in [0.2, 0.25) is 0 Å². The van der Waals surface area contributed by atoms with Gasteiger partial charge in [-0.25, -0.2) is 0 Å². The number of aromatic nitrogens is 4. The highest BCUT2D eigenvalue weighted by molar-refractivity contribution is 6.14. The van der Waals surface area contributed by atoms with Gasteiger partial charge in [0.15, 0.2) is 0 Å². The zero-order chi connectivity index (χ0) is 61.7. The van der Waals surface area contributed by atoms with Crippen LogP contribution in [0.5, 0.6) is 0 Å². The summed E-state index contributed by atoms with van der Waals surface area (Å²) in [5, 5.41) is 38.6. The third-order valence-corrected chi connectivity index (χ3v) is 17.5.